The summed E-state index contributed by atoms with van der Waals surface area (Å²) in [4.78, 5) is 13.8. The molecule has 1 saturated heterocycles. The minimum atomic E-state index is 0. The SMILES string of the molecule is C=CCCCC(=O)NCCN1CCNCC1.Cl.Cl. The van der Waals surface area contributed by atoms with E-state index in [1.165, 1.54) is 0 Å². The third-order valence-corrected chi connectivity index (χ3v) is 2.77. The van der Waals surface area contributed by atoms with Gasteiger partial charge in [0.25, 0.3) is 0 Å². The van der Waals surface area contributed by atoms with Gasteiger partial charge in [0.1, 0.15) is 0 Å². The Bertz CT molecular complexity index is 221. The molecule has 0 bridgehead atoms. The summed E-state index contributed by atoms with van der Waals surface area (Å²) >= 11 is 0. The topological polar surface area (TPSA) is 44.4 Å². The smallest absolute Gasteiger partial charge is 0.220 e. The molecule has 108 valence electrons. The van der Waals surface area contributed by atoms with E-state index in [1.807, 2.05) is 6.08 Å². The number of carbonyl (C=O) groups excluding carboxylic acids is 1. The second-order valence-corrected chi connectivity index (χ2v) is 4.12. The first kappa shape index (κ1) is 20.0. The second kappa shape index (κ2) is 13.1. The fourth-order valence-corrected chi connectivity index (χ4v) is 1.78. The van der Waals surface area contributed by atoms with Crippen LogP contribution in [0, 0.1) is 0 Å². The van der Waals surface area contributed by atoms with Crippen molar-refractivity contribution in [3.8, 4) is 0 Å². The van der Waals surface area contributed by atoms with Crippen molar-refractivity contribution in [2.24, 2.45) is 0 Å². The van der Waals surface area contributed by atoms with Crippen LogP contribution in [0.15, 0.2) is 12.7 Å². The van der Waals surface area contributed by atoms with Crippen LogP contribution >= 0.6 is 24.8 Å². The van der Waals surface area contributed by atoms with Gasteiger partial charge in [-0.2, -0.15) is 0 Å². The summed E-state index contributed by atoms with van der Waals surface area (Å²) in [6.07, 6.45) is 4.30. The predicted molar refractivity (Wildman–Crippen MR) is 80.9 cm³/mol. The van der Waals surface area contributed by atoms with E-state index in [0.29, 0.717) is 6.42 Å². The molecule has 1 aliphatic heterocycles. The van der Waals surface area contributed by atoms with Crippen molar-refractivity contribution in [1.82, 2.24) is 15.5 Å². The van der Waals surface area contributed by atoms with Gasteiger partial charge in [0.15, 0.2) is 0 Å². The molecule has 18 heavy (non-hydrogen) atoms. The van der Waals surface area contributed by atoms with Crippen molar-refractivity contribution in [2.75, 3.05) is 39.3 Å². The lowest BCUT2D eigenvalue weighted by molar-refractivity contribution is -0.121. The number of allylic oxidation sites excluding steroid dienone is 1. The number of unbranched alkanes of at least 4 members (excludes halogenated alkanes) is 1. The maximum absolute atomic E-state index is 11.4. The summed E-state index contributed by atoms with van der Waals surface area (Å²) in [6, 6.07) is 0. The number of nitrogens with one attached hydrogen (secondary N) is 2. The molecule has 0 aromatic rings. The Kier molecular flexibility index (Phi) is 14.6. The van der Waals surface area contributed by atoms with Gasteiger partial charge in [-0.25, -0.2) is 0 Å². The van der Waals surface area contributed by atoms with E-state index < -0.39 is 0 Å². The van der Waals surface area contributed by atoms with Gasteiger partial charge in [-0.1, -0.05) is 6.08 Å². The molecule has 0 unspecified atom stereocenters. The first-order valence-electron chi connectivity index (χ1n) is 6.13. The fourth-order valence-electron chi connectivity index (χ4n) is 1.78. The van der Waals surface area contributed by atoms with Crippen molar-refractivity contribution in [2.45, 2.75) is 19.3 Å². The highest BCUT2D eigenvalue weighted by Gasteiger charge is 2.08. The normalized spacial score (nSPS) is 15.1. The monoisotopic (exact) mass is 297 g/mol. The molecule has 0 atom stereocenters. The average Bonchev–Trinajstić information content (AvgIpc) is 2.31. The zero-order valence-corrected chi connectivity index (χ0v) is 12.5. The molecular formula is C12H25Cl2N3O. The van der Waals surface area contributed by atoms with Gasteiger partial charge in [-0.15, -0.1) is 31.4 Å². The van der Waals surface area contributed by atoms with E-state index in [2.05, 4.69) is 22.1 Å². The number of rotatable bonds is 7. The van der Waals surface area contributed by atoms with Crippen molar-refractivity contribution in [3.05, 3.63) is 12.7 Å². The number of nitrogens with zero attached hydrogens (tertiary/aromatic N) is 1. The summed E-state index contributed by atoms with van der Waals surface area (Å²) in [6.45, 7) is 9.68. The number of halogens is 2. The molecule has 0 aliphatic carbocycles. The Morgan fingerprint density at radius 1 is 1.33 bits per heavy atom. The number of hydrogen-bond donors (Lipinski definition) is 2. The molecular weight excluding hydrogens is 273 g/mol. The molecule has 0 aromatic heterocycles. The van der Waals surface area contributed by atoms with Gasteiger partial charge in [0, 0.05) is 45.7 Å². The number of piperazine rings is 1. The summed E-state index contributed by atoms with van der Waals surface area (Å²) in [5, 5.41) is 6.26. The summed E-state index contributed by atoms with van der Waals surface area (Å²) in [5.74, 6) is 0.164. The highest BCUT2D eigenvalue weighted by molar-refractivity contribution is 5.85. The standard InChI is InChI=1S/C12H23N3O.2ClH/c1-2-3-4-5-12(16)14-8-11-15-9-6-13-7-10-15;;/h2,13H,1,3-11H2,(H,14,16);2*1H. The molecule has 1 aliphatic rings. The third-order valence-electron chi connectivity index (χ3n) is 2.77. The van der Waals surface area contributed by atoms with Crippen LogP contribution in [-0.4, -0.2) is 50.1 Å². The molecule has 2 N–H and O–H groups in total. The summed E-state index contributed by atoms with van der Waals surface area (Å²) < 4.78 is 0. The maximum atomic E-state index is 11.4. The third kappa shape index (κ3) is 9.71. The largest absolute Gasteiger partial charge is 0.355 e. The minimum absolute atomic E-state index is 0. The predicted octanol–water partition coefficient (Wildman–Crippen LogP) is 1.21. The molecule has 1 amide bonds. The van der Waals surface area contributed by atoms with Crippen molar-refractivity contribution >= 4 is 30.7 Å². The number of hydrogen-bond acceptors (Lipinski definition) is 3. The van der Waals surface area contributed by atoms with Gasteiger partial charge in [0.2, 0.25) is 5.91 Å². The molecule has 1 heterocycles. The lowest BCUT2D eigenvalue weighted by Gasteiger charge is -2.27. The molecule has 0 saturated carbocycles. The molecule has 0 aromatic carbocycles. The van der Waals surface area contributed by atoms with Crippen molar-refractivity contribution < 1.29 is 4.79 Å². The zero-order chi connectivity index (χ0) is 11.6. The average molecular weight is 298 g/mol. The lowest BCUT2D eigenvalue weighted by Crippen LogP contribution is -2.46. The Labute approximate surface area is 122 Å². The number of carbonyl (C=O) groups is 1. The Balaban J connectivity index is 0. The van der Waals surface area contributed by atoms with Gasteiger partial charge < -0.3 is 10.6 Å². The minimum Gasteiger partial charge on any atom is -0.355 e. The zero-order valence-electron chi connectivity index (χ0n) is 10.8. The Morgan fingerprint density at radius 3 is 2.61 bits per heavy atom. The highest BCUT2D eigenvalue weighted by atomic mass is 35.5. The van der Waals surface area contributed by atoms with E-state index in [9.17, 15) is 4.79 Å². The summed E-state index contributed by atoms with van der Waals surface area (Å²) in [5.41, 5.74) is 0. The van der Waals surface area contributed by atoms with Crippen LogP contribution in [0.2, 0.25) is 0 Å². The Morgan fingerprint density at radius 2 is 2.00 bits per heavy atom. The van der Waals surface area contributed by atoms with Crippen LogP contribution in [0.25, 0.3) is 0 Å². The molecule has 0 spiro atoms. The van der Waals surface area contributed by atoms with Crippen LogP contribution < -0.4 is 10.6 Å². The molecule has 1 fully saturated rings. The van der Waals surface area contributed by atoms with Gasteiger partial charge in [0.05, 0.1) is 0 Å². The van der Waals surface area contributed by atoms with Gasteiger partial charge in [-0.3, -0.25) is 9.69 Å². The van der Waals surface area contributed by atoms with Gasteiger partial charge in [-0.05, 0) is 12.8 Å². The van der Waals surface area contributed by atoms with E-state index in [0.717, 1.165) is 52.1 Å². The Hall–Kier alpha value is -0.290. The van der Waals surface area contributed by atoms with E-state index >= 15 is 0 Å². The summed E-state index contributed by atoms with van der Waals surface area (Å²) in [7, 11) is 0. The molecule has 6 heteroatoms. The van der Waals surface area contributed by atoms with Crippen LogP contribution in [-0.2, 0) is 4.79 Å². The van der Waals surface area contributed by atoms with Crippen LogP contribution in [0.5, 0.6) is 0 Å². The lowest BCUT2D eigenvalue weighted by atomic mass is 10.2. The van der Waals surface area contributed by atoms with E-state index in [1.54, 1.807) is 0 Å². The molecule has 0 radical (unpaired) electrons. The van der Waals surface area contributed by atoms with Crippen LogP contribution in [0.3, 0.4) is 0 Å². The van der Waals surface area contributed by atoms with E-state index in [4.69, 9.17) is 0 Å². The van der Waals surface area contributed by atoms with Crippen LogP contribution in [0.4, 0.5) is 0 Å². The van der Waals surface area contributed by atoms with Gasteiger partial charge >= 0.3 is 0 Å². The van der Waals surface area contributed by atoms with E-state index in [-0.39, 0.29) is 30.7 Å². The van der Waals surface area contributed by atoms with Crippen molar-refractivity contribution in [3.63, 3.8) is 0 Å². The quantitative estimate of drug-likeness (QED) is 0.548. The molecule has 1 rings (SSSR count). The molecule has 4 nitrogen and oxygen atoms in total. The van der Waals surface area contributed by atoms with Crippen LogP contribution in [0.1, 0.15) is 19.3 Å². The first-order chi connectivity index (χ1) is 7.83. The second-order valence-electron chi connectivity index (χ2n) is 4.12. The first-order valence-corrected chi connectivity index (χ1v) is 6.13. The van der Waals surface area contributed by atoms with Crippen molar-refractivity contribution in [1.29, 1.82) is 0 Å². The fraction of sp³-hybridized carbons (Fsp3) is 0.750. The number of amides is 1. The maximum Gasteiger partial charge on any atom is 0.220 e. The highest BCUT2D eigenvalue weighted by Crippen LogP contribution is 1.95.